The number of aromatic amines is 1. The number of H-pyrrole nitrogens is 1. The van der Waals surface area contributed by atoms with Crippen LogP contribution in [0.1, 0.15) is 20.8 Å². The molecule has 29 heavy (non-hydrogen) atoms. The number of amides is 1. The van der Waals surface area contributed by atoms with Crippen molar-refractivity contribution < 1.29 is 4.79 Å². The van der Waals surface area contributed by atoms with Crippen LogP contribution in [0, 0.1) is 0 Å². The van der Waals surface area contributed by atoms with Crippen LogP contribution in [0.3, 0.4) is 0 Å². The van der Waals surface area contributed by atoms with Gasteiger partial charge in [-0.1, -0.05) is 18.2 Å². The zero-order valence-corrected chi connectivity index (χ0v) is 16.2. The molecule has 3 heterocycles. The predicted octanol–water partition coefficient (Wildman–Crippen LogP) is 2.17. The summed E-state index contributed by atoms with van der Waals surface area (Å²) >= 11 is 1.67. The minimum absolute atomic E-state index is 0.145. The minimum atomic E-state index is -0.688. The third-order valence-electron chi connectivity index (χ3n) is 4.52. The number of thiophene rings is 1. The highest BCUT2D eigenvalue weighted by Gasteiger charge is 2.10. The highest BCUT2D eigenvalue weighted by atomic mass is 32.1. The summed E-state index contributed by atoms with van der Waals surface area (Å²) in [5.41, 5.74) is 0.895. The molecule has 0 fully saturated rings. The fraction of sp³-hybridized carbons (Fsp3) is 0.143. The maximum absolute atomic E-state index is 12.3. The lowest BCUT2D eigenvalue weighted by molar-refractivity contribution is 0.0954. The van der Waals surface area contributed by atoms with E-state index in [9.17, 15) is 14.4 Å². The summed E-state index contributed by atoms with van der Waals surface area (Å²) in [6.45, 7) is 0.761. The van der Waals surface area contributed by atoms with Gasteiger partial charge in [-0.15, -0.1) is 11.3 Å². The topological polar surface area (TPSA) is 96.9 Å². The van der Waals surface area contributed by atoms with Crippen molar-refractivity contribution in [2.45, 2.75) is 13.0 Å². The van der Waals surface area contributed by atoms with Crippen LogP contribution in [0.5, 0.6) is 0 Å². The average molecular weight is 406 g/mol. The Hall–Kier alpha value is -3.52. The Kier molecular flexibility index (Phi) is 5.35. The van der Waals surface area contributed by atoms with Crippen LogP contribution in [0.2, 0.25) is 0 Å². The first-order valence-electron chi connectivity index (χ1n) is 9.09. The summed E-state index contributed by atoms with van der Waals surface area (Å²) in [5, 5.41) is 4.92. The molecule has 0 bridgehead atoms. The molecule has 0 spiro atoms. The molecule has 3 aromatic heterocycles. The first-order chi connectivity index (χ1) is 14.1. The van der Waals surface area contributed by atoms with Crippen LogP contribution in [0.4, 0.5) is 0 Å². The van der Waals surface area contributed by atoms with Crippen LogP contribution in [-0.4, -0.2) is 27.0 Å². The lowest BCUT2D eigenvalue weighted by Crippen LogP contribution is -2.36. The Morgan fingerprint density at radius 1 is 1.10 bits per heavy atom. The molecule has 0 aliphatic rings. The van der Waals surface area contributed by atoms with E-state index in [4.69, 9.17) is 0 Å². The number of rotatable bonds is 6. The average Bonchev–Trinajstić information content (AvgIpc) is 3.25. The van der Waals surface area contributed by atoms with E-state index in [0.717, 1.165) is 12.0 Å². The molecular weight excluding hydrogens is 388 g/mol. The molecule has 0 atom stereocenters. The summed E-state index contributed by atoms with van der Waals surface area (Å²) in [5.74, 6) is -0.145. The standard InChI is InChI=1S/C21H18N4O3S/c26-19(23-11-9-16-3-2-12-29-16)15-7-5-14(6-8-15)13-25-18-17(4-1-10-22-18)24-20(27)21(25)28/h1-8,10,12H,9,11,13H2,(H,23,26)(H,24,27). The van der Waals surface area contributed by atoms with Crippen LogP contribution in [-0.2, 0) is 13.0 Å². The number of carbonyl (C=O) groups excluding carboxylic acids is 1. The number of hydrogen-bond acceptors (Lipinski definition) is 5. The number of nitrogens with zero attached hydrogens (tertiary/aromatic N) is 2. The molecule has 2 N–H and O–H groups in total. The van der Waals surface area contributed by atoms with Crippen molar-refractivity contribution in [3.05, 3.63) is 96.8 Å². The summed E-state index contributed by atoms with van der Waals surface area (Å²) in [7, 11) is 0. The zero-order valence-electron chi connectivity index (χ0n) is 15.4. The molecule has 4 rings (SSSR count). The van der Waals surface area contributed by atoms with Crippen LogP contribution >= 0.6 is 11.3 Å². The Labute approximate surface area is 169 Å². The van der Waals surface area contributed by atoms with Crippen LogP contribution in [0.15, 0.2) is 69.7 Å². The molecule has 0 aliphatic carbocycles. The largest absolute Gasteiger partial charge is 0.352 e. The summed E-state index contributed by atoms with van der Waals surface area (Å²) < 4.78 is 1.34. The SMILES string of the molecule is O=C(NCCc1cccs1)c1ccc(Cn2c(=O)c(=O)[nH]c3cccnc32)cc1. The second-order valence-electron chi connectivity index (χ2n) is 6.50. The van der Waals surface area contributed by atoms with Gasteiger partial charge < -0.3 is 10.3 Å². The number of carbonyl (C=O) groups is 1. The third-order valence-corrected chi connectivity index (χ3v) is 5.46. The summed E-state index contributed by atoms with van der Waals surface area (Å²) in [6, 6.07) is 14.4. The van der Waals surface area contributed by atoms with E-state index < -0.39 is 11.1 Å². The molecule has 0 unspecified atom stereocenters. The second kappa shape index (κ2) is 8.24. The summed E-state index contributed by atoms with van der Waals surface area (Å²) in [6.07, 6.45) is 2.37. The predicted molar refractivity (Wildman–Crippen MR) is 113 cm³/mol. The van der Waals surface area contributed by atoms with Crippen LogP contribution in [0.25, 0.3) is 11.2 Å². The molecule has 146 valence electrons. The fourth-order valence-electron chi connectivity index (χ4n) is 3.05. The van der Waals surface area contributed by atoms with E-state index in [2.05, 4.69) is 15.3 Å². The molecule has 4 aromatic rings. The maximum atomic E-state index is 12.3. The monoisotopic (exact) mass is 406 g/mol. The van der Waals surface area contributed by atoms with Crippen molar-refractivity contribution in [2.24, 2.45) is 0 Å². The van der Waals surface area contributed by atoms with Crippen molar-refractivity contribution in [3.63, 3.8) is 0 Å². The molecule has 0 saturated carbocycles. The van der Waals surface area contributed by atoms with Gasteiger partial charge in [-0.25, -0.2) is 4.98 Å². The second-order valence-corrected chi connectivity index (χ2v) is 7.53. The fourth-order valence-corrected chi connectivity index (χ4v) is 3.76. The first kappa shape index (κ1) is 18.8. The normalized spacial score (nSPS) is 10.9. The van der Waals surface area contributed by atoms with Crippen molar-refractivity contribution in [1.29, 1.82) is 0 Å². The molecule has 0 radical (unpaired) electrons. The van der Waals surface area contributed by atoms with Crippen LogP contribution < -0.4 is 16.4 Å². The van der Waals surface area contributed by atoms with Crippen molar-refractivity contribution in [1.82, 2.24) is 19.9 Å². The number of fused-ring (bicyclic) bond motifs is 1. The zero-order chi connectivity index (χ0) is 20.2. The number of aromatic nitrogens is 3. The van der Waals surface area contributed by atoms with Gasteiger partial charge in [0.15, 0.2) is 5.65 Å². The van der Waals surface area contributed by atoms with Gasteiger partial charge in [-0.2, -0.15) is 0 Å². The molecule has 7 nitrogen and oxygen atoms in total. The molecular formula is C21H18N4O3S. The van der Waals surface area contributed by atoms with Gasteiger partial charge in [0.05, 0.1) is 12.1 Å². The molecule has 1 amide bonds. The Morgan fingerprint density at radius 3 is 2.69 bits per heavy atom. The Morgan fingerprint density at radius 2 is 1.93 bits per heavy atom. The molecule has 0 aliphatic heterocycles. The van der Waals surface area contributed by atoms with E-state index >= 15 is 0 Å². The highest BCUT2D eigenvalue weighted by Crippen LogP contribution is 2.10. The molecule has 1 aromatic carbocycles. The Bertz CT molecular complexity index is 1260. The van der Waals surface area contributed by atoms with E-state index in [1.165, 1.54) is 9.44 Å². The summed E-state index contributed by atoms with van der Waals surface area (Å²) in [4.78, 5) is 44.5. The lowest BCUT2D eigenvalue weighted by Gasteiger charge is -2.09. The van der Waals surface area contributed by atoms with Crippen molar-refractivity contribution >= 4 is 28.4 Å². The number of pyridine rings is 1. The van der Waals surface area contributed by atoms with Gasteiger partial charge in [-0.05, 0) is 47.7 Å². The third kappa shape index (κ3) is 4.17. The molecule has 0 saturated heterocycles. The minimum Gasteiger partial charge on any atom is -0.352 e. The number of nitrogens with one attached hydrogen (secondary N) is 2. The lowest BCUT2D eigenvalue weighted by atomic mass is 10.1. The van der Waals surface area contributed by atoms with Gasteiger partial charge in [0.2, 0.25) is 0 Å². The van der Waals surface area contributed by atoms with Gasteiger partial charge in [0.1, 0.15) is 0 Å². The highest BCUT2D eigenvalue weighted by molar-refractivity contribution is 7.09. The first-order valence-corrected chi connectivity index (χ1v) is 9.97. The Balaban J connectivity index is 1.48. The molecule has 8 heteroatoms. The number of benzene rings is 1. The quantitative estimate of drug-likeness (QED) is 0.480. The van der Waals surface area contributed by atoms with Crippen molar-refractivity contribution in [3.8, 4) is 0 Å². The van der Waals surface area contributed by atoms with E-state index in [0.29, 0.717) is 23.3 Å². The van der Waals surface area contributed by atoms with E-state index in [1.807, 2.05) is 17.5 Å². The van der Waals surface area contributed by atoms with Gasteiger partial charge in [0, 0.05) is 23.2 Å². The van der Waals surface area contributed by atoms with Gasteiger partial charge >= 0.3 is 11.1 Å². The van der Waals surface area contributed by atoms with Crippen molar-refractivity contribution in [2.75, 3.05) is 6.54 Å². The smallest absolute Gasteiger partial charge is 0.318 e. The number of hydrogen-bond donors (Lipinski definition) is 2. The maximum Gasteiger partial charge on any atom is 0.318 e. The van der Waals surface area contributed by atoms with Gasteiger partial charge in [-0.3, -0.25) is 19.0 Å². The van der Waals surface area contributed by atoms with E-state index in [1.54, 1.807) is 53.9 Å². The van der Waals surface area contributed by atoms with E-state index in [-0.39, 0.29) is 12.5 Å². The van der Waals surface area contributed by atoms with Gasteiger partial charge in [0.25, 0.3) is 5.91 Å².